The minimum Gasteiger partial charge on any atom is -0.406 e. The fourth-order valence-corrected chi connectivity index (χ4v) is 2.93. The van der Waals surface area contributed by atoms with Crippen molar-refractivity contribution in [3.8, 4) is 5.75 Å². The molecule has 24 heavy (non-hydrogen) atoms. The molecule has 1 aromatic carbocycles. The van der Waals surface area contributed by atoms with Gasteiger partial charge >= 0.3 is 18.2 Å². The third-order valence-electron chi connectivity index (χ3n) is 3.68. The number of halogens is 3. The van der Waals surface area contributed by atoms with Gasteiger partial charge in [0.2, 0.25) is 0 Å². The molecule has 0 aliphatic carbocycles. The maximum absolute atomic E-state index is 12.2. The highest BCUT2D eigenvalue weighted by molar-refractivity contribution is 6.39. The molecule has 1 aliphatic heterocycles. The van der Waals surface area contributed by atoms with Crippen LogP contribution in [0, 0.1) is 11.8 Å². The number of carbonyl (C=O) groups is 2. The van der Waals surface area contributed by atoms with Gasteiger partial charge in [-0.15, -0.1) is 13.2 Å². The summed E-state index contributed by atoms with van der Waals surface area (Å²) in [7, 11) is 0. The summed E-state index contributed by atoms with van der Waals surface area (Å²) >= 11 is 0. The Bertz CT molecular complexity index is 609. The highest BCUT2D eigenvalue weighted by atomic mass is 19.4. The van der Waals surface area contributed by atoms with Crippen molar-refractivity contribution in [1.82, 2.24) is 4.90 Å². The second-order valence-corrected chi connectivity index (χ2v) is 6.19. The van der Waals surface area contributed by atoms with E-state index in [1.165, 1.54) is 17.0 Å². The second kappa shape index (κ2) is 7.11. The monoisotopic (exact) mass is 344 g/mol. The highest BCUT2D eigenvalue weighted by Gasteiger charge is 2.32. The van der Waals surface area contributed by atoms with E-state index in [-0.39, 0.29) is 5.69 Å². The Morgan fingerprint density at radius 2 is 1.83 bits per heavy atom. The number of likely N-dealkylation sites (tertiary alicyclic amines) is 1. The molecule has 132 valence electrons. The van der Waals surface area contributed by atoms with Gasteiger partial charge < -0.3 is 15.0 Å². The fraction of sp³-hybridized carbons (Fsp3) is 0.500. The van der Waals surface area contributed by atoms with Gasteiger partial charge in [0.25, 0.3) is 0 Å². The third-order valence-corrected chi connectivity index (χ3v) is 3.68. The first kappa shape index (κ1) is 18.1. The Morgan fingerprint density at radius 3 is 2.42 bits per heavy atom. The molecule has 0 aromatic heterocycles. The summed E-state index contributed by atoms with van der Waals surface area (Å²) in [6, 6.07) is 4.81. The molecule has 2 amide bonds. The van der Waals surface area contributed by atoms with Crippen molar-refractivity contribution in [3.05, 3.63) is 24.3 Å². The molecule has 1 fully saturated rings. The van der Waals surface area contributed by atoms with Crippen molar-refractivity contribution in [2.75, 3.05) is 18.4 Å². The number of anilines is 1. The van der Waals surface area contributed by atoms with E-state index in [0.29, 0.717) is 24.9 Å². The predicted molar refractivity (Wildman–Crippen MR) is 81.3 cm³/mol. The maximum Gasteiger partial charge on any atom is 0.573 e. The molecule has 1 N–H and O–H groups in total. The van der Waals surface area contributed by atoms with Crippen molar-refractivity contribution in [1.29, 1.82) is 0 Å². The fourth-order valence-electron chi connectivity index (χ4n) is 2.93. The summed E-state index contributed by atoms with van der Waals surface area (Å²) in [6.45, 7) is 5.00. The summed E-state index contributed by atoms with van der Waals surface area (Å²) < 4.78 is 40.4. The molecular weight excluding hydrogens is 325 g/mol. The van der Waals surface area contributed by atoms with Gasteiger partial charge in [0, 0.05) is 24.8 Å². The minimum absolute atomic E-state index is 0.0632. The molecule has 0 saturated carbocycles. The normalized spacial score (nSPS) is 21.3. The van der Waals surface area contributed by atoms with Crippen molar-refractivity contribution in [2.45, 2.75) is 26.6 Å². The topological polar surface area (TPSA) is 58.6 Å². The van der Waals surface area contributed by atoms with E-state index in [1.54, 1.807) is 0 Å². The Morgan fingerprint density at radius 1 is 1.21 bits per heavy atom. The van der Waals surface area contributed by atoms with Gasteiger partial charge in [-0.25, -0.2) is 0 Å². The molecule has 1 heterocycles. The molecule has 0 radical (unpaired) electrons. The Labute approximate surface area is 137 Å². The number of carbonyl (C=O) groups excluding carboxylic acids is 2. The molecule has 2 atom stereocenters. The average molecular weight is 344 g/mol. The van der Waals surface area contributed by atoms with E-state index in [1.807, 2.05) is 13.8 Å². The standard InChI is InChI=1S/C16H19F3N2O3/c1-10-6-11(2)9-21(8-10)15(23)14(22)20-12-4-3-5-13(7-12)24-16(17,18)19/h3-5,7,10-11H,6,8-9H2,1-2H3,(H,20,22)/t10-,11+. The van der Waals surface area contributed by atoms with Crippen LogP contribution in [-0.2, 0) is 9.59 Å². The third kappa shape index (κ3) is 5.14. The van der Waals surface area contributed by atoms with E-state index in [2.05, 4.69) is 10.1 Å². The van der Waals surface area contributed by atoms with Crippen molar-refractivity contribution >= 4 is 17.5 Å². The maximum atomic E-state index is 12.2. The number of hydrogen-bond acceptors (Lipinski definition) is 3. The van der Waals surface area contributed by atoms with Gasteiger partial charge in [-0.1, -0.05) is 19.9 Å². The molecule has 5 nitrogen and oxygen atoms in total. The van der Waals surface area contributed by atoms with Crippen LogP contribution < -0.4 is 10.1 Å². The number of ether oxygens (including phenoxy) is 1. The SMILES string of the molecule is C[C@@H]1C[C@H](C)CN(C(=O)C(=O)Nc2cccc(OC(F)(F)F)c2)C1. The average Bonchev–Trinajstić information content (AvgIpc) is 2.43. The summed E-state index contributed by atoms with van der Waals surface area (Å²) in [5, 5.41) is 2.32. The van der Waals surface area contributed by atoms with E-state index in [9.17, 15) is 22.8 Å². The number of nitrogens with one attached hydrogen (secondary N) is 1. The second-order valence-electron chi connectivity index (χ2n) is 6.19. The van der Waals surface area contributed by atoms with Crippen LogP contribution in [0.4, 0.5) is 18.9 Å². The van der Waals surface area contributed by atoms with Crippen LogP contribution in [0.3, 0.4) is 0 Å². The first-order valence-electron chi connectivity index (χ1n) is 7.60. The first-order chi connectivity index (χ1) is 11.1. The molecule has 0 bridgehead atoms. The zero-order chi connectivity index (χ0) is 17.9. The lowest BCUT2D eigenvalue weighted by Gasteiger charge is -2.34. The number of benzene rings is 1. The largest absolute Gasteiger partial charge is 0.573 e. The lowest BCUT2D eigenvalue weighted by molar-refractivity contribution is -0.274. The van der Waals surface area contributed by atoms with Crippen LogP contribution >= 0.6 is 0 Å². The molecule has 1 aliphatic rings. The van der Waals surface area contributed by atoms with Gasteiger partial charge in [-0.3, -0.25) is 9.59 Å². The van der Waals surface area contributed by atoms with E-state index in [4.69, 9.17) is 0 Å². The van der Waals surface area contributed by atoms with Crippen LogP contribution in [0.1, 0.15) is 20.3 Å². The molecule has 1 saturated heterocycles. The highest BCUT2D eigenvalue weighted by Crippen LogP contribution is 2.25. The molecule has 1 aromatic rings. The number of amides is 2. The van der Waals surface area contributed by atoms with Crippen molar-refractivity contribution in [2.24, 2.45) is 11.8 Å². The smallest absolute Gasteiger partial charge is 0.406 e. The Kier molecular flexibility index (Phi) is 5.36. The van der Waals surface area contributed by atoms with Crippen LogP contribution in [0.2, 0.25) is 0 Å². The number of piperidine rings is 1. The molecule has 0 unspecified atom stereocenters. The van der Waals surface area contributed by atoms with Crippen LogP contribution in [0.5, 0.6) is 5.75 Å². The van der Waals surface area contributed by atoms with E-state index >= 15 is 0 Å². The van der Waals surface area contributed by atoms with Crippen LogP contribution in [0.15, 0.2) is 24.3 Å². The molecule has 8 heteroatoms. The summed E-state index contributed by atoms with van der Waals surface area (Å²) in [6.07, 6.45) is -3.83. The number of rotatable bonds is 2. The van der Waals surface area contributed by atoms with E-state index in [0.717, 1.165) is 18.6 Å². The Hall–Kier alpha value is -2.25. The number of hydrogen-bond donors (Lipinski definition) is 1. The lowest BCUT2D eigenvalue weighted by Crippen LogP contribution is -2.47. The van der Waals surface area contributed by atoms with Gasteiger partial charge in [-0.2, -0.15) is 0 Å². The zero-order valence-corrected chi connectivity index (χ0v) is 13.4. The quantitative estimate of drug-likeness (QED) is 0.839. The minimum atomic E-state index is -4.82. The van der Waals surface area contributed by atoms with E-state index < -0.39 is 23.9 Å². The molecular formula is C16H19F3N2O3. The van der Waals surface area contributed by atoms with Gasteiger partial charge in [-0.05, 0) is 30.4 Å². The number of nitrogens with zero attached hydrogens (tertiary/aromatic N) is 1. The first-order valence-corrected chi connectivity index (χ1v) is 7.60. The van der Waals surface area contributed by atoms with Gasteiger partial charge in [0.05, 0.1) is 0 Å². The Balaban J connectivity index is 2.01. The summed E-state index contributed by atoms with van der Waals surface area (Å²) in [5.74, 6) is -1.42. The predicted octanol–water partition coefficient (Wildman–Crippen LogP) is 3.03. The van der Waals surface area contributed by atoms with Crippen molar-refractivity contribution in [3.63, 3.8) is 0 Å². The van der Waals surface area contributed by atoms with Gasteiger partial charge in [0.1, 0.15) is 5.75 Å². The van der Waals surface area contributed by atoms with Crippen LogP contribution in [0.25, 0.3) is 0 Å². The van der Waals surface area contributed by atoms with Gasteiger partial charge in [0.15, 0.2) is 0 Å². The molecule has 0 spiro atoms. The number of alkyl halides is 3. The summed E-state index contributed by atoms with van der Waals surface area (Å²) in [5.41, 5.74) is 0.0632. The summed E-state index contributed by atoms with van der Waals surface area (Å²) in [4.78, 5) is 25.7. The zero-order valence-electron chi connectivity index (χ0n) is 13.4. The van der Waals surface area contributed by atoms with Crippen molar-refractivity contribution < 1.29 is 27.5 Å². The van der Waals surface area contributed by atoms with Crippen LogP contribution in [-0.4, -0.2) is 36.2 Å². The lowest BCUT2D eigenvalue weighted by atomic mass is 9.92. The molecule has 2 rings (SSSR count).